The van der Waals surface area contributed by atoms with Crippen LogP contribution in [-0.4, -0.2) is 37.7 Å². The van der Waals surface area contributed by atoms with E-state index in [0.29, 0.717) is 25.7 Å². The summed E-state index contributed by atoms with van der Waals surface area (Å²) in [6, 6.07) is 13.3. The zero-order chi connectivity index (χ0) is 16.3. The number of methoxy groups -OCH3 is 1. The third-order valence-electron chi connectivity index (χ3n) is 3.09. The Morgan fingerprint density at radius 3 is 2.79 bits per heavy atom. The van der Waals surface area contributed by atoms with Gasteiger partial charge in [0.05, 0.1) is 13.7 Å². The van der Waals surface area contributed by atoms with Crippen LogP contribution in [-0.2, 0) is 6.42 Å². The Kier molecular flexibility index (Phi) is 9.59. The number of guanidine groups is 1. The third-order valence-corrected chi connectivity index (χ3v) is 3.09. The molecule has 1 heterocycles. The number of aliphatic imine (C=N–C) groups is 1. The molecule has 1 aromatic heterocycles. The quantitative estimate of drug-likeness (QED) is 0.284. The van der Waals surface area contributed by atoms with Gasteiger partial charge in [-0.25, -0.2) is 0 Å². The van der Waals surface area contributed by atoms with Crippen LogP contribution in [0.25, 0.3) is 0 Å². The molecule has 0 saturated heterocycles. The Bertz CT molecular complexity index is 623. The molecule has 0 unspecified atom stereocenters. The highest BCUT2D eigenvalue weighted by Gasteiger charge is 1.97. The molecule has 3 N–H and O–H groups in total. The number of ether oxygens (including phenoxy) is 2. The standard InChI is InChI=1S/C17H22N4O2.HI/c1-22-15-6-4-7-16(13-15)23-12-11-21-17(18)20-10-8-14-5-2-3-9-19-14;/h2-7,9,13H,8,10-12H2,1H3,(H3,18,20,21);1H. The van der Waals surface area contributed by atoms with E-state index in [4.69, 9.17) is 15.2 Å². The van der Waals surface area contributed by atoms with Gasteiger partial charge in [0.25, 0.3) is 0 Å². The first-order valence-electron chi connectivity index (χ1n) is 7.48. The molecule has 0 aliphatic rings. The third kappa shape index (κ3) is 7.49. The van der Waals surface area contributed by atoms with Gasteiger partial charge in [-0.3, -0.25) is 9.98 Å². The van der Waals surface area contributed by atoms with Crippen LogP contribution in [0.2, 0.25) is 0 Å². The fourth-order valence-corrected chi connectivity index (χ4v) is 1.93. The molecule has 0 saturated carbocycles. The number of nitrogens with one attached hydrogen (secondary N) is 1. The van der Waals surface area contributed by atoms with Crippen LogP contribution in [0, 0.1) is 0 Å². The fourth-order valence-electron chi connectivity index (χ4n) is 1.93. The minimum Gasteiger partial charge on any atom is -0.497 e. The van der Waals surface area contributed by atoms with Crippen LogP contribution in [0.15, 0.2) is 53.7 Å². The van der Waals surface area contributed by atoms with Crippen molar-refractivity contribution in [1.82, 2.24) is 10.3 Å². The van der Waals surface area contributed by atoms with Crippen LogP contribution in [0.1, 0.15) is 5.69 Å². The molecule has 130 valence electrons. The summed E-state index contributed by atoms with van der Waals surface area (Å²) in [5, 5.41) is 3.02. The van der Waals surface area contributed by atoms with E-state index in [9.17, 15) is 0 Å². The zero-order valence-corrected chi connectivity index (χ0v) is 16.0. The summed E-state index contributed by atoms with van der Waals surface area (Å²) >= 11 is 0. The zero-order valence-electron chi connectivity index (χ0n) is 13.6. The number of hydrogen-bond acceptors (Lipinski definition) is 4. The van der Waals surface area contributed by atoms with Gasteiger partial charge >= 0.3 is 0 Å². The molecule has 0 aliphatic heterocycles. The van der Waals surface area contributed by atoms with Gasteiger partial charge in [0.1, 0.15) is 18.1 Å². The molecular weight excluding hydrogens is 419 g/mol. The molecule has 0 radical (unpaired) electrons. The van der Waals surface area contributed by atoms with Gasteiger partial charge in [-0.15, -0.1) is 24.0 Å². The number of hydrogen-bond donors (Lipinski definition) is 2. The molecule has 24 heavy (non-hydrogen) atoms. The Morgan fingerprint density at radius 1 is 1.21 bits per heavy atom. The lowest BCUT2D eigenvalue weighted by Crippen LogP contribution is -2.35. The summed E-state index contributed by atoms with van der Waals surface area (Å²) in [5.74, 6) is 1.94. The fraction of sp³-hybridized carbons (Fsp3) is 0.294. The average molecular weight is 442 g/mol. The van der Waals surface area contributed by atoms with Gasteiger partial charge in [0, 0.05) is 30.9 Å². The minimum absolute atomic E-state index is 0. The second-order valence-corrected chi connectivity index (χ2v) is 4.79. The van der Waals surface area contributed by atoms with Gasteiger partial charge in [0.2, 0.25) is 0 Å². The van der Waals surface area contributed by atoms with E-state index in [2.05, 4.69) is 15.3 Å². The summed E-state index contributed by atoms with van der Waals surface area (Å²) in [6.07, 6.45) is 2.54. The molecule has 0 atom stereocenters. The molecule has 0 aliphatic carbocycles. The maximum atomic E-state index is 5.81. The Hall–Kier alpha value is -2.03. The highest BCUT2D eigenvalue weighted by Crippen LogP contribution is 2.18. The van der Waals surface area contributed by atoms with Crippen molar-refractivity contribution in [1.29, 1.82) is 0 Å². The molecular formula is C17H23IN4O2. The first-order valence-corrected chi connectivity index (χ1v) is 7.48. The van der Waals surface area contributed by atoms with Crippen molar-refractivity contribution in [2.45, 2.75) is 6.42 Å². The highest BCUT2D eigenvalue weighted by molar-refractivity contribution is 14.0. The van der Waals surface area contributed by atoms with Crippen LogP contribution in [0.3, 0.4) is 0 Å². The number of rotatable bonds is 8. The van der Waals surface area contributed by atoms with E-state index >= 15 is 0 Å². The second-order valence-electron chi connectivity index (χ2n) is 4.79. The predicted octanol–water partition coefficient (Wildman–Crippen LogP) is 2.23. The molecule has 0 fully saturated rings. The van der Waals surface area contributed by atoms with Crippen LogP contribution >= 0.6 is 24.0 Å². The first-order chi connectivity index (χ1) is 11.3. The van der Waals surface area contributed by atoms with Crippen LogP contribution in [0.4, 0.5) is 0 Å². The molecule has 0 spiro atoms. The maximum Gasteiger partial charge on any atom is 0.188 e. The SMILES string of the molecule is COc1cccc(OCCNC(N)=NCCc2ccccn2)c1.I. The molecule has 0 bridgehead atoms. The van der Waals surface area contributed by atoms with E-state index in [1.807, 2.05) is 42.5 Å². The van der Waals surface area contributed by atoms with Gasteiger partial charge < -0.3 is 20.5 Å². The Balaban J connectivity index is 0.00000288. The van der Waals surface area contributed by atoms with Gasteiger partial charge in [-0.05, 0) is 24.3 Å². The van der Waals surface area contributed by atoms with Crippen molar-refractivity contribution in [3.8, 4) is 11.5 Å². The molecule has 7 heteroatoms. The lowest BCUT2D eigenvalue weighted by atomic mass is 10.3. The summed E-state index contributed by atoms with van der Waals surface area (Å²) in [4.78, 5) is 8.50. The molecule has 2 rings (SSSR count). The van der Waals surface area contributed by atoms with Gasteiger partial charge in [-0.1, -0.05) is 12.1 Å². The van der Waals surface area contributed by atoms with E-state index in [0.717, 1.165) is 23.6 Å². The number of benzene rings is 1. The lowest BCUT2D eigenvalue weighted by molar-refractivity contribution is 0.319. The van der Waals surface area contributed by atoms with E-state index in [-0.39, 0.29) is 24.0 Å². The maximum absolute atomic E-state index is 5.81. The highest BCUT2D eigenvalue weighted by atomic mass is 127. The van der Waals surface area contributed by atoms with Crippen LogP contribution < -0.4 is 20.5 Å². The smallest absolute Gasteiger partial charge is 0.188 e. The monoisotopic (exact) mass is 442 g/mol. The van der Waals surface area contributed by atoms with E-state index in [1.54, 1.807) is 13.3 Å². The second kappa shape index (κ2) is 11.5. The number of aromatic nitrogens is 1. The van der Waals surface area contributed by atoms with Gasteiger partial charge in [-0.2, -0.15) is 0 Å². The lowest BCUT2D eigenvalue weighted by Gasteiger charge is -2.09. The topological polar surface area (TPSA) is 81.8 Å². The largest absolute Gasteiger partial charge is 0.497 e. The average Bonchev–Trinajstić information content (AvgIpc) is 2.60. The summed E-state index contributed by atoms with van der Waals surface area (Å²) < 4.78 is 10.7. The normalized spacial score (nSPS) is 10.6. The van der Waals surface area contributed by atoms with Crippen molar-refractivity contribution in [3.05, 3.63) is 54.4 Å². The Morgan fingerprint density at radius 2 is 2.04 bits per heavy atom. The minimum atomic E-state index is 0. The summed E-state index contributed by atoms with van der Waals surface area (Å²) in [6.45, 7) is 1.67. The van der Waals surface area contributed by atoms with E-state index < -0.39 is 0 Å². The number of pyridine rings is 1. The number of nitrogens with zero attached hydrogens (tertiary/aromatic N) is 2. The summed E-state index contributed by atoms with van der Waals surface area (Å²) in [5.41, 5.74) is 6.81. The molecule has 6 nitrogen and oxygen atoms in total. The van der Waals surface area contributed by atoms with Crippen LogP contribution in [0.5, 0.6) is 11.5 Å². The van der Waals surface area contributed by atoms with Crippen molar-refractivity contribution >= 4 is 29.9 Å². The van der Waals surface area contributed by atoms with Crippen molar-refractivity contribution in [2.75, 3.05) is 26.8 Å². The first kappa shape index (κ1) is 20.0. The molecule has 1 aromatic carbocycles. The van der Waals surface area contributed by atoms with Crippen molar-refractivity contribution in [2.24, 2.45) is 10.7 Å². The van der Waals surface area contributed by atoms with E-state index in [1.165, 1.54) is 0 Å². The van der Waals surface area contributed by atoms with Gasteiger partial charge in [0.15, 0.2) is 5.96 Å². The molecule has 2 aromatic rings. The molecule has 0 amide bonds. The number of nitrogens with two attached hydrogens (primary N) is 1. The van der Waals surface area contributed by atoms with Crippen molar-refractivity contribution < 1.29 is 9.47 Å². The van der Waals surface area contributed by atoms with Crippen molar-refractivity contribution in [3.63, 3.8) is 0 Å². The number of halogens is 1. The summed E-state index contributed by atoms with van der Waals surface area (Å²) in [7, 11) is 1.63. The predicted molar refractivity (Wildman–Crippen MR) is 106 cm³/mol. The Labute approximate surface area is 159 Å².